The van der Waals surface area contributed by atoms with E-state index in [9.17, 15) is 29.4 Å². The van der Waals surface area contributed by atoms with Gasteiger partial charge in [0, 0.05) is 34.0 Å². The lowest BCUT2D eigenvalue weighted by atomic mass is 9.51. The summed E-state index contributed by atoms with van der Waals surface area (Å²) in [4.78, 5) is 70.0. The van der Waals surface area contributed by atoms with Crippen molar-refractivity contribution in [1.82, 2.24) is 5.32 Å². The molecule has 318 valence electrons. The molecule has 15 nitrogen and oxygen atoms in total. The van der Waals surface area contributed by atoms with Crippen LogP contribution in [0, 0.1) is 16.7 Å². The third kappa shape index (κ3) is 6.06. The van der Waals surface area contributed by atoms with Gasteiger partial charge >= 0.3 is 24.0 Å². The molecule has 1 saturated heterocycles. The molecule has 4 fully saturated rings. The molecule has 15 heteroatoms. The highest BCUT2D eigenvalue weighted by Crippen LogP contribution is 2.84. The Labute approximate surface area is 342 Å². The monoisotopic (exact) mass is 819 g/mol. The Morgan fingerprint density at radius 2 is 1.58 bits per heavy atom. The lowest BCUT2D eigenvalue weighted by molar-refractivity contribution is -0.338. The van der Waals surface area contributed by atoms with Crippen molar-refractivity contribution in [2.24, 2.45) is 16.7 Å². The Morgan fingerprint density at radius 1 is 0.949 bits per heavy atom. The van der Waals surface area contributed by atoms with Crippen LogP contribution in [0.2, 0.25) is 0 Å². The summed E-state index contributed by atoms with van der Waals surface area (Å²) < 4.78 is 42.6. The van der Waals surface area contributed by atoms with Crippen LogP contribution in [0.25, 0.3) is 0 Å². The number of ketones is 1. The number of hydrogen-bond acceptors (Lipinski definition) is 14. The van der Waals surface area contributed by atoms with E-state index in [1.165, 1.54) is 21.1 Å². The van der Waals surface area contributed by atoms with Crippen LogP contribution in [0.5, 0.6) is 0 Å². The number of hydrogen-bond donors (Lipinski definition) is 3. The highest BCUT2D eigenvalue weighted by molar-refractivity contribution is 5.97. The first kappa shape index (κ1) is 42.5. The van der Waals surface area contributed by atoms with Gasteiger partial charge in [0.05, 0.1) is 41.1 Å². The molecule has 4 aliphatic carbocycles. The summed E-state index contributed by atoms with van der Waals surface area (Å²) >= 11 is 0. The highest BCUT2D eigenvalue weighted by Gasteiger charge is 2.99. The van der Waals surface area contributed by atoms with Crippen LogP contribution in [0.1, 0.15) is 83.3 Å². The van der Waals surface area contributed by atoms with Gasteiger partial charge in [-0.3, -0.25) is 9.59 Å². The summed E-state index contributed by atoms with van der Waals surface area (Å²) in [5.74, 6) is -4.45. The number of amides is 1. The lowest BCUT2D eigenvalue weighted by Crippen LogP contribution is -2.79. The maximum absolute atomic E-state index is 15.4. The predicted octanol–water partition coefficient (Wildman–Crippen LogP) is 3.93. The topological polar surface area (TPSA) is 202 Å². The van der Waals surface area contributed by atoms with E-state index in [1.807, 2.05) is 0 Å². The molecule has 5 aliphatic rings. The van der Waals surface area contributed by atoms with E-state index >= 15 is 4.79 Å². The molecule has 2 aromatic rings. The minimum atomic E-state index is -2.12. The number of aliphatic hydroxyl groups excluding tert-OH is 1. The van der Waals surface area contributed by atoms with E-state index < -0.39 is 105 Å². The van der Waals surface area contributed by atoms with Crippen molar-refractivity contribution < 1.29 is 67.3 Å². The number of nitrogens with one attached hydrogen (secondary N) is 1. The molecule has 7 rings (SSSR count). The minimum absolute atomic E-state index is 0.132. The summed E-state index contributed by atoms with van der Waals surface area (Å²) in [5, 5.41) is 27.7. The van der Waals surface area contributed by atoms with Gasteiger partial charge in [-0.25, -0.2) is 14.4 Å². The second kappa shape index (κ2) is 14.5. The fourth-order valence-electron chi connectivity index (χ4n) is 11.0. The lowest BCUT2D eigenvalue weighted by Gasteiger charge is -2.64. The zero-order chi connectivity index (χ0) is 43.1. The van der Waals surface area contributed by atoms with E-state index in [4.69, 9.17) is 33.2 Å². The fourth-order valence-corrected chi connectivity index (χ4v) is 11.0. The average molecular weight is 820 g/mol. The Morgan fingerprint density at radius 3 is 2.12 bits per heavy atom. The summed E-state index contributed by atoms with van der Waals surface area (Å²) in [7, 11) is 2.78. The third-order valence-corrected chi connectivity index (χ3v) is 13.5. The van der Waals surface area contributed by atoms with Crippen LogP contribution in [-0.4, -0.2) is 114 Å². The molecule has 0 radical (unpaired) electrons. The maximum Gasteiger partial charge on any atom is 0.408 e. The molecule has 0 spiro atoms. The van der Waals surface area contributed by atoms with E-state index in [2.05, 4.69) is 5.32 Å². The third-order valence-electron chi connectivity index (χ3n) is 13.5. The number of aliphatic hydroxyl groups is 2. The standard InChI is InChI=1S/C44H53NO14/c1-23-27(56-36(50)32(47)31(25-16-12-10-13-17-25)45-38(51)59-39(3,4)5)21-43(52)41(7)30(23)33(54-9)34(48)40(6)28(53-8)20-29-42(22-55-29,57-24(2)46)37(40)44(41,43)58-35(49)26-18-14-11-15-19-26/h10-19,27-29,31-33,37,47,52H,20-22H2,1-9H3,(H,45,51)/t27-,28-,29+,31-,32+,33+,37-,40-,41-,42-,43-,44-/m0/s1. The molecule has 1 heterocycles. The van der Waals surface area contributed by atoms with Gasteiger partial charge in [-0.05, 0) is 70.4 Å². The molecular formula is C44H53NO14. The summed E-state index contributed by atoms with van der Waals surface area (Å²) in [6.45, 7) is 11.0. The summed E-state index contributed by atoms with van der Waals surface area (Å²) in [6, 6.07) is 15.1. The molecule has 3 N–H and O–H groups in total. The zero-order valence-corrected chi connectivity index (χ0v) is 34.7. The average Bonchev–Trinajstić information content (AvgIpc) is 3.61. The second-order valence-electron chi connectivity index (χ2n) is 17.7. The van der Waals surface area contributed by atoms with Crippen LogP contribution >= 0.6 is 0 Å². The van der Waals surface area contributed by atoms with Crippen LogP contribution in [0.4, 0.5) is 4.79 Å². The maximum atomic E-state index is 15.4. The first-order valence-corrected chi connectivity index (χ1v) is 19.7. The number of carbonyl (C=O) groups excluding carboxylic acids is 5. The van der Waals surface area contributed by atoms with Gasteiger partial charge < -0.3 is 48.7 Å². The molecular weight excluding hydrogens is 766 g/mol. The van der Waals surface area contributed by atoms with Crippen molar-refractivity contribution in [3.63, 3.8) is 0 Å². The Kier molecular flexibility index (Phi) is 10.4. The Balaban J connectivity index is 1.37. The van der Waals surface area contributed by atoms with Crippen LogP contribution < -0.4 is 5.32 Å². The van der Waals surface area contributed by atoms with Crippen molar-refractivity contribution in [2.45, 2.75) is 120 Å². The molecule has 1 aliphatic heterocycles. The normalized spacial score (nSPS) is 36.5. The number of fused-ring (bicyclic) bond motifs is 5. The van der Waals surface area contributed by atoms with Gasteiger partial charge in [-0.1, -0.05) is 48.5 Å². The first-order chi connectivity index (χ1) is 27.7. The smallest absolute Gasteiger partial charge is 0.408 e. The van der Waals surface area contributed by atoms with E-state index in [-0.39, 0.29) is 30.6 Å². The van der Waals surface area contributed by atoms with Gasteiger partial charge in [-0.2, -0.15) is 0 Å². The minimum Gasteiger partial charge on any atom is -0.456 e. The predicted molar refractivity (Wildman–Crippen MR) is 206 cm³/mol. The van der Waals surface area contributed by atoms with Gasteiger partial charge in [-0.15, -0.1) is 0 Å². The van der Waals surface area contributed by atoms with Crippen LogP contribution in [0.3, 0.4) is 0 Å². The molecule has 1 amide bonds. The summed E-state index contributed by atoms with van der Waals surface area (Å²) in [5.41, 5.74) is -8.85. The molecule has 12 atom stereocenters. The largest absolute Gasteiger partial charge is 0.456 e. The Hall–Kier alpha value is -4.67. The van der Waals surface area contributed by atoms with Crippen molar-refractivity contribution in [3.05, 3.63) is 82.9 Å². The van der Waals surface area contributed by atoms with Gasteiger partial charge in [0.25, 0.3) is 0 Å². The number of rotatable bonds is 10. The van der Waals surface area contributed by atoms with E-state index in [0.717, 1.165) is 0 Å². The summed E-state index contributed by atoms with van der Waals surface area (Å²) in [6.07, 6.45) is -7.55. The number of benzene rings is 2. The first-order valence-electron chi connectivity index (χ1n) is 19.7. The van der Waals surface area contributed by atoms with Crippen LogP contribution in [-0.2, 0) is 47.5 Å². The number of methoxy groups -OCH3 is 2. The molecule has 3 saturated carbocycles. The molecule has 0 aromatic heterocycles. The van der Waals surface area contributed by atoms with Gasteiger partial charge in [0.2, 0.25) is 0 Å². The van der Waals surface area contributed by atoms with Crippen LogP contribution in [0.15, 0.2) is 71.8 Å². The van der Waals surface area contributed by atoms with Gasteiger partial charge in [0.1, 0.15) is 29.5 Å². The van der Waals surface area contributed by atoms with Crippen molar-refractivity contribution in [3.8, 4) is 0 Å². The van der Waals surface area contributed by atoms with Crippen molar-refractivity contribution in [2.75, 3.05) is 20.8 Å². The number of esters is 3. The van der Waals surface area contributed by atoms with Gasteiger partial charge in [0.15, 0.2) is 23.1 Å². The highest BCUT2D eigenvalue weighted by atomic mass is 16.6. The molecule has 0 bridgehead atoms. The molecule has 59 heavy (non-hydrogen) atoms. The number of Topliss-reactive ketones (excluding diaryl/α,β-unsaturated/α-hetero) is 1. The quantitative estimate of drug-likeness (QED) is 0.177. The van der Waals surface area contributed by atoms with Crippen molar-refractivity contribution in [1.29, 1.82) is 0 Å². The second-order valence-corrected chi connectivity index (χ2v) is 17.7. The number of alkyl carbamates (subject to hydrolysis) is 1. The van der Waals surface area contributed by atoms with E-state index in [1.54, 1.807) is 102 Å². The fraction of sp³-hybridized carbons (Fsp3) is 0.568. The molecule has 0 unspecified atom stereocenters. The Bertz CT molecular complexity index is 2070. The number of carbonyl (C=O) groups is 5. The molecule has 2 aromatic carbocycles. The van der Waals surface area contributed by atoms with Crippen molar-refractivity contribution >= 4 is 29.8 Å². The van der Waals surface area contributed by atoms with E-state index in [0.29, 0.717) is 11.1 Å². The SMILES string of the molecule is CO[C@H]1C(=O)[C@]2(C)[C@@H](OC)C[C@H]3OC[C@@]3(OC(C)=O)[C@H]2[C@@]2(OC(=O)c3ccccc3)[C@]3(O)C[C@H](OC(=O)[C@H](O)[C@@H](NC(=O)OC(C)(C)C)c4ccccc4)C(C)=C1[C@@]32C. The zero-order valence-electron chi connectivity index (χ0n) is 34.7. The number of ether oxygens (including phenoxy) is 7.